The Kier molecular flexibility index (Phi) is 6.31. The Balaban J connectivity index is 1.88. The second-order valence-electron chi connectivity index (χ2n) is 7.59. The van der Waals surface area contributed by atoms with E-state index in [1.54, 1.807) is 49.7 Å². The number of ether oxygens (including phenoxy) is 1. The van der Waals surface area contributed by atoms with Crippen molar-refractivity contribution >= 4 is 32.9 Å². The van der Waals surface area contributed by atoms with Gasteiger partial charge in [-0.3, -0.25) is 10.1 Å². The fourth-order valence-corrected chi connectivity index (χ4v) is 5.17. The van der Waals surface area contributed by atoms with Gasteiger partial charge in [-0.1, -0.05) is 23.8 Å². The van der Waals surface area contributed by atoms with Crippen LogP contribution in [-0.4, -0.2) is 26.2 Å². The summed E-state index contributed by atoms with van der Waals surface area (Å²) in [5, 5.41) is 13.0. The number of rotatable bonds is 7. The lowest BCUT2D eigenvalue weighted by atomic mass is 9.94. The van der Waals surface area contributed by atoms with Crippen molar-refractivity contribution in [3.63, 3.8) is 0 Å². The summed E-state index contributed by atoms with van der Waals surface area (Å²) >= 11 is 1.52. The lowest BCUT2D eigenvalue weighted by molar-refractivity contribution is 0.413. The molecule has 0 saturated carbocycles. The van der Waals surface area contributed by atoms with Crippen molar-refractivity contribution in [3.05, 3.63) is 93.8 Å². The van der Waals surface area contributed by atoms with Crippen molar-refractivity contribution in [2.75, 3.05) is 11.8 Å². The van der Waals surface area contributed by atoms with Crippen LogP contribution in [0.1, 0.15) is 22.3 Å². The average Bonchev–Trinajstić information content (AvgIpc) is 3.33. The van der Waals surface area contributed by atoms with Gasteiger partial charge in [-0.15, -0.1) is 0 Å². The van der Waals surface area contributed by atoms with Crippen LogP contribution in [0, 0.1) is 19.3 Å². The summed E-state index contributed by atoms with van der Waals surface area (Å²) in [6.07, 6.45) is 1.54. The van der Waals surface area contributed by atoms with Gasteiger partial charge in [0.2, 0.25) is 0 Å². The Morgan fingerprint density at radius 1 is 1.03 bits per heavy atom. The van der Waals surface area contributed by atoms with Gasteiger partial charge < -0.3 is 4.74 Å². The molecular formula is C25H23N3O3S2. The number of sulfonamides is 1. The molecule has 0 aliphatic carbocycles. The van der Waals surface area contributed by atoms with Crippen LogP contribution in [0.3, 0.4) is 0 Å². The van der Waals surface area contributed by atoms with Crippen LogP contribution in [-0.2, 0) is 10.0 Å². The number of thiophene rings is 1. The third-order valence-electron chi connectivity index (χ3n) is 5.22. The van der Waals surface area contributed by atoms with E-state index in [2.05, 4.69) is 9.71 Å². The highest BCUT2D eigenvalue weighted by Crippen LogP contribution is 2.34. The average molecular weight is 478 g/mol. The van der Waals surface area contributed by atoms with Gasteiger partial charge in [-0.05, 0) is 77.7 Å². The minimum atomic E-state index is -3.91. The van der Waals surface area contributed by atoms with E-state index in [0.717, 1.165) is 16.7 Å². The number of hydrogen-bond acceptors (Lipinski definition) is 6. The number of nitrogens with one attached hydrogen (secondary N) is 2. The third kappa shape index (κ3) is 4.67. The van der Waals surface area contributed by atoms with Crippen LogP contribution in [0.5, 0.6) is 5.75 Å². The van der Waals surface area contributed by atoms with Crippen molar-refractivity contribution in [1.29, 1.82) is 5.41 Å². The maximum Gasteiger partial charge on any atom is 0.263 e. The number of methoxy groups -OCH3 is 1. The fraction of sp³-hybridized carbons (Fsp3) is 0.120. The fourth-order valence-electron chi connectivity index (χ4n) is 3.49. The Bertz CT molecular complexity index is 1410. The zero-order valence-corrected chi connectivity index (χ0v) is 20.0. The predicted octanol–water partition coefficient (Wildman–Crippen LogP) is 5.65. The van der Waals surface area contributed by atoms with E-state index in [1.807, 2.05) is 42.8 Å². The molecule has 0 fully saturated rings. The lowest BCUT2D eigenvalue weighted by Gasteiger charge is -2.18. The minimum Gasteiger partial charge on any atom is -0.496 e. The number of aromatic nitrogens is 1. The second-order valence-corrected chi connectivity index (χ2v) is 10.1. The molecule has 0 bridgehead atoms. The molecule has 0 saturated heterocycles. The number of nitrogens with zero attached hydrogens (tertiary/aromatic N) is 1. The molecule has 0 unspecified atom stereocenters. The van der Waals surface area contributed by atoms with E-state index in [0.29, 0.717) is 22.4 Å². The lowest BCUT2D eigenvalue weighted by Crippen LogP contribution is -2.18. The Hall–Kier alpha value is -3.49. The molecule has 33 heavy (non-hydrogen) atoms. The van der Waals surface area contributed by atoms with Gasteiger partial charge >= 0.3 is 0 Å². The van der Waals surface area contributed by atoms with Crippen LogP contribution < -0.4 is 9.46 Å². The van der Waals surface area contributed by atoms with E-state index in [9.17, 15) is 8.42 Å². The van der Waals surface area contributed by atoms with Crippen LogP contribution in [0.25, 0.3) is 11.1 Å². The summed E-state index contributed by atoms with van der Waals surface area (Å²) in [5.74, 6) is 0.624. The number of benzene rings is 2. The number of anilines is 1. The van der Waals surface area contributed by atoms with Crippen LogP contribution >= 0.6 is 11.3 Å². The van der Waals surface area contributed by atoms with E-state index in [1.165, 1.54) is 11.3 Å². The highest BCUT2D eigenvalue weighted by atomic mass is 32.2. The van der Waals surface area contributed by atoms with Crippen molar-refractivity contribution in [2.45, 2.75) is 18.7 Å². The van der Waals surface area contributed by atoms with Gasteiger partial charge in [-0.2, -0.15) is 11.3 Å². The van der Waals surface area contributed by atoms with Gasteiger partial charge in [0.15, 0.2) is 0 Å². The van der Waals surface area contributed by atoms with Gasteiger partial charge in [0.05, 0.1) is 23.3 Å². The van der Waals surface area contributed by atoms with E-state index in [4.69, 9.17) is 10.1 Å². The summed E-state index contributed by atoms with van der Waals surface area (Å²) in [5.41, 5.74) is 4.58. The predicted molar refractivity (Wildman–Crippen MR) is 133 cm³/mol. The van der Waals surface area contributed by atoms with E-state index >= 15 is 0 Å². The van der Waals surface area contributed by atoms with Crippen molar-refractivity contribution in [2.24, 2.45) is 0 Å². The molecule has 0 atom stereocenters. The molecule has 0 spiro atoms. The van der Waals surface area contributed by atoms with Crippen molar-refractivity contribution in [3.8, 4) is 16.9 Å². The van der Waals surface area contributed by atoms with Gasteiger partial charge in [-0.25, -0.2) is 13.4 Å². The highest BCUT2D eigenvalue weighted by molar-refractivity contribution is 7.92. The van der Waals surface area contributed by atoms with Gasteiger partial charge in [0.1, 0.15) is 11.6 Å². The number of pyridine rings is 1. The number of aryl methyl sites for hydroxylation is 2. The van der Waals surface area contributed by atoms with E-state index < -0.39 is 10.0 Å². The standard InChI is InChI=1S/C25H23N3O3S2/c1-16-4-7-19(8-5-16)33(29,30)28-25-23(20(10-12-27-25)18-11-13-32-15-18)24(26)21-9-6-17(2)14-22(21)31-3/h4-15,26H,1-3H3,(H,27,28). The molecule has 2 aromatic carbocycles. The molecule has 168 valence electrons. The van der Waals surface area contributed by atoms with Crippen LogP contribution in [0.15, 0.2) is 76.4 Å². The zero-order chi connectivity index (χ0) is 23.6. The topological polar surface area (TPSA) is 92.1 Å². The first-order valence-corrected chi connectivity index (χ1v) is 12.6. The Labute approximate surface area is 197 Å². The summed E-state index contributed by atoms with van der Waals surface area (Å²) in [7, 11) is -2.36. The molecule has 8 heteroatoms. The maximum atomic E-state index is 13.1. The molecule has 0 aliphatic rings. The molecule has 2 heterocycles. The normalized spacial score (nSPS) is 11.2. The molecule has 0 aliphatic heterocycles. The first-order valence-electron chi connectivity index (χ1n) is 10.1. The summed E-state index contributed by atoms with van der Waals surface area (Å²) < 4.78 is 34.4. The highest BCUT2D eigenvalue weighted by Gasteiger charge is 2.24. The molecule has 0 radical (unpaired) electrons. The minimum absolute atomic E-state index is 0.0897. The molecule has 4 aromatic rings. The molecular weight excluding hydrogens is 454 g/mol. The first kappa shape index (κ1) is 22.7. The molecule has 2 aromatic heterocycles. The molecule has 6 nitrogen and oxygen atoms in total. The van der Waals surface area contributed by atoms with E-state index in [-0.39, 0.29) is 16.4 Å². The monoisotopic (exact) mass is 477 g/mol. The molecule has 4 rings (SSSR count). The number of hydrogen-bond donors (Lipinski definition) is 2. The molecule has 2 N–H and O–H groups in total. The third-order valence-corrected chi connectivity index (χ3v) is 7.26. The van der Waals surface area contributed by atoms with Gasteiger partial charge in [0, 0.05) is 11.8 Å². The first-order chi connectivity index (χ1) is 15.8. The Morgan fingerprint density at radius 3 is 2.42 bits per heavy atom. The van der Waals surface area contributed by atoms with Gasteiger partial charge in [0.25, 0.3) is 10.0 Å². The largest absolute Gasteiger partial charge is 0.496 e. The molecule has 0 amide bonds. The van der Waals surface area contributed by atoms with Crippen molar-refractivity contribution in [1.82, 2.24) is 4.98 Å². The van der Waals surface area contributed by atoms with Crippen molar-refractivity contribution < 1.29 is 13.2 Å². The smallest absolute Gasteiger partial charge is 0.263 e. The summed E-state index contributed by atoms with van der Waals surface area (Å²) in [6.45, 7) is 3.84. The summed E-state index contributed by atoms with van der Waals surface area (Å²) in [4.78, 5) is 4.45. The maximum absolute atomic E-state index is 13.1. The SMILES string of the molecule is COc1cc(C)ccc1C(=N)c1c(-c2ccsc2)ccnc1NS(=O)(=O)c1ccc(C)cc1. The second kappa shape index (κ2) is 9.17. The Morgan fingerprint density at radius 2 is 1.76 bits per heavy atom. The van der Waals surface area contributed by atoms with Crippen LogP contribution in [0.4, 0.5) is 5.82 Å². The quantitative estimate of drug-likeness (QED) is 0.336. The summed E-state index contributed by atoms with van der Waals surface area (Å²) in [6, 6.07) is 15.8. The van der Waals surface area contributed by atoms with Crippen LogP contribution in [0.2, 0.25) is 0 Å². The zero-order valence-electron chi connectivity index (χ0n) is 18.4.